The van der Waals surface area contributed by atoms with Crippen molar-refractivity contribution in [3.8, 4) is 0 Å². The van der Waals surface area contributed by atoms with Crippen molar-refractivity contribution in [1.29, 1.82) is 0 Å². The molecule has 0 aromatic heterocycles. The molecule has 0 nitrogen and oxygen atoms in total. The second-order valence-corrected chi connectivity index (χ2v) is 3.32. The van der Waals surface area contributed by atoms with Gasteiger partial charge in [-0.2, -0.15) is 0 Å². The Morgan fingerprint density at radius 3 is 1.67 bits per heavy atom. The summed E-state index contributed by atoms with van der Waals surface area (Å²) in [6.07, 6.45) is 0. The molecule has 0 amide bonds. The summed E-state index contributed by atoms with van der Waals surface area (Å²) in [6, 6.07) is 0. The van der Waals surface area contributed by atoms with Gasteiger partial charge in [-0.3, -0.25) is 0 Å². The predicted molar refractivity (Wildman–Crippen MR) is 27.8 cm³/mol. The third-order valence-corrected chi connectivity index (χ3v) is 1.73. The van der Waals surface area contributed by atoms with Gasteiger partial charge in [-0.15, -0.1) is 10.6 Å². The molecule has 6 heavy (non-hydrogen) atoms. The molecule has 2 heteroatoms. The molecule has 0 saturated carbocycles. The minimum atomic E-state index is 0. The molecule has 0 aliphatic heterocycles. The molecule has 0 N–H and O–H groups in total. The largest absolute Gasteiger partial charge is 1.00 e. The van der Waals surface area contributed by atoms with E-state index in [-0.39, 0.29) is 31.0 Å². The van der Waals surface area contributed by atoms with Crippen LogP contribution in [0.4, 0.5) is 0 Å². The maximum atomic E-state index is 2.25. The van der Waals surface area contributed by atoms with E-state index in [1.807, 2.05) is 0 Å². The molecule has 0 aromatic carbocycles. The Morgan fingerprint density at radius 2 is 1.67 bits per heavy atom. The molecular formula is C4H11AlNa. The first kappa shape index (κ1) is 10.5. The molecule has 0 aromatic rings. The second-order valence-electron chi connectivity index (χ2n) is 1.11. The second kappa shape index (κ2) is 9.73. The van der Waals surface area contributed by atoms with Crippen molar-refractivity contribution in [3.63, 3.8) is 0 Å². The van der Waals surface area contributed by atoms with Gasteiger partial charge >= 0.3 is 29.6 Å². The first-order valence-electron chi connectivity index (χ1n) is 2.23. The quantitative estimate of drug-likeness (QED) is 0.386. The van der Waals surface area contributed by atoms with Crippen LogP contribution < -0.4 is 29.6 Å². The molecule has 0 aliphatic carbocycles. The van der Waals surface area contributed by atoms with Gasteiger partial charge in [0.15, 0.2) is 15.2 Å². The fourth-order valence-corrected chi connectivity index (χ4v) is 0.866. The van der Waals surface area contributed by atoms with Gasteiger partial charge in [-0.1, -0.05) is 13.8 Å². The van der Waals surface area contributed by atoms with Crippen LogP contribution in [-0.4, -0.2) is 15.2 Å². The molecule has 0 aliphatic rings. The third kappa shape index (κ3) is 9.11. The smallest absolute Gasteiger partial charge is 1.00 e. The van der Waals surface area contributed by atoms with E-state index in [4.69, 9.17) is 0 Å². The summed E-state index contributed by atoms with van der Waals surface area (Å²) in [5.41, 5.74) is 0. The Bertz CT molecular complexity index is 19.2. The number of rotatable bonds is 2. The fraction of sp³-hybridized carbons (Fsp3) is 1.00. The predicted octanol–water partition coefficient (Wildman–Crippen LogP) is -1.32. The zero-order valence-corrected chi connectivity index (χ0v) is 8.15. The van der Waals surface area contributed by atoms with Crippen molar-refractivity contribution < 1.29 is 31.0 Å². The SMILES string of the molecule is C[CH2][Al][CH2]C.[H-].[Na+]. The molecule has 0 saturated heterocycles. The van der Waals surface area contributed by atoms with Crippen LogP contribution in [0.3, 0.4) is 0 Å². The molecule has 1 radical (unpaired) electrons. The maximum absolute atomic E-state index is 2.25. The molecule has 0 unspecified atom stereocenters. The minimum absolute atomic E-state index is 0. The summed E-state index contributed by atoms with van der Waals surface area (Å²) in [5.74, 6) is 0. The van der Waals surface area contributed by atoms with Gasteiger partial charge in [0, 0.05) is 0 Å². The summed E-state index contributed by atoms with van der Waals surface area (Å²) in [7, 11) is 0. The van der Waals surface area contributed by atoms with Crippen molar-refractivity contribution in [2.24, 2.45) is 0 Å². The van der Waals surface area contributed by atoms with E-state index in [0.29, 0.717) is 0 Å². The van der Waals surface area contributed by atoms with Crippen LogP contribution in [0.15, 0.2) is 0 Å². The van der Waals surface area contributed by atoms with Crippen molar-refractivity contribution in [2.45, 2.75) is 24.4 Å². The van der Waals surface area contributed by atoms with Gasteiger partial charge in [-0.05, 0) is 0 Å². The molecule has 0 rings (SSSR count). The normalized spacial score (nSPS) is 6.33. The molecule has 31 valence electrons. The van der Waals surface area contributed by atoms with Crippen LogP contribution in [0.5, 0.6) is 0 Å². The van der Waals surface area contributed by atoms with E-state index in [0.717, 1.165) is 15.2 Å². The first-order valence-corrected chi connectivity index (χ1v) is 3.86. The standard InChI is InChI=1S/2C2H5.Al.Na.H/c2*1-2;;;/h2*1H2,2H3;;;/q;;;+1;-1. The minimum Gasteiger partial charge on any atom is -1.00 e. The Labute approximate surface area is 70.2 Å². The molecular weight excluding hydrogens is 98.0 g/mol. The van der Waals surface area contributed by atoms with Crippen LogP contribution in [0.1, 0.15) is 15.3 Å². The van der Waals surface area contributed by atoms with E-state index in [2.05, 4.69) is 13.8 Å². The third-order valence-electron chi connectivity index (χ3n) is 0.577. The molecule has 0 spiro atoms. The van der Waals surface area contributed by atoms with Gasteiger partial charge in [-0.25, -0.2) is 0 Å². The molecule has 0 atom stereocenters. The van der Waals surface area contributed by atoms with Gasteiger partial charge in [0.25, 0.3) is 0 Å². The zero-order valence-electron chi connectivity index (χ0n) is 5.99. The van der Waals surface area contributed by atoms with E-state index < -0.39 is 0 Å². The van der Waals surface area contributed by atoms with Crippen molar-refractivity contribution >= 4 is 15.2 Å². The Morgan fingerprint density at radius 1 is 1.33 bits per heavy atom. The monoisotopic (exact) mass is 109 g/mol. The van der Waals surface area contributed by atoms with Gasteiger partial charge in [0.05, 0.1) is 0 Å². The van der Waals surface area contributed by atoms with E-state index in [9.17, 15) is 0 Å². The zero-order chi connectivity index (χ0) is 4.12. The Hall–Kier alpha value is 1.53. The molecule has 0 bridgehead atoms. The van der Waals surface area contributed by atoms with Crippen molar-refractivity contribution in [1.82, 2.24) is 0 Å². The molecule has 0 heterocycles. The van der Waals surface area contributed by atoms with Crippen LogP contribution in [0.25, 0.3) is 0 Å². The van der Waals surface area contributed by atoms with Gasteiger partial charge < -0.3 is 1.43 Å². The summed E-state index contributed by atoms with van der Waals surface area (Å²) < 4.78 is 0. The van der Waals surface area contributed by atoms with Crippen molar-refractivity contribution in [2.75, 3.05) is 0 Å². The van der Waals surface area contributed by atoms with E-state index >= 15 is 0 Å². The number of hydrogen-bond acceptors (Lipinski definition) is 0. The summed E-state index contributed by atoms with van der Waals surface area (Å²) in [4.78, 5) is 0. The summed E-state index contributed by atoms with van der Waals surface area (Å²) in [6.45, 7) is 4.50. The van der Waals surface area contributed by atoms with Crippen LogP contribution in [0.2, 0.25) is 10.6 Å². The Balaban J connectivity index is -0.0000000800. The van der Waals surface area contributed by atoms with E-state index in [1.54, 1.807) is 0 Å². The average molecular weight is 109 g/mol. The first-order chi connectivity index (χ1) is 2.41. The topological polar surface area (TPSA) is 0 Å². The van der Waals surface area contributed by atoms with Crippen LogP contribution >= 0.6 is 0 Å². The van der Waals surface area contributed by atoms with Gasteiger partial charge in [0.1, 0.15) is 0 Å². The van der Waals surface area contributed by atoms with Crippen LogP contribution in [-0.2, 0) is 0 Å². The van der Waals surface area contributed by atoms with Crippen LogP contribution in [0, 0.1) is 0 Å². The molecule has 0 fully saturated rings. The summed E-state index contributed by atoms with van der Waals surface area (Å²) >= 11 is 0.815. The summed E-state index contributed by atoms with van der Waals surface area (Å²) in [5, 5.41) is 2.85. The average Bonchev–Trinajstić information content (AvgIpc) is 1.41. The Kier molecular flexibility index (Phi) is 17.0. The maximum Gasteiger partial charge on any atom is 1.00 e. The fourth-order valence-electron chi connectivity index (χ4n) is 0.289. The van der Waals surface area contributed by atoms with Gasteiger partial charge in [0.2, 0.25) is 0 Å². The van der Waals surface area contributed by atoms with E-state index in [1.165, 1.54) is 10.6 Å². The number of hydrogen-bond donors (Lipinski definition) is 0. The van der Waals surface area contributed by atoms with Crippen molar-refractivity contribution in [3.05, 3.63) is 0 Å².